The summed E-state index contributed by atoms with van der Waals surface area (Å²) in [7, 11) is 0. The van der Waals surface area contributed by atoms with Crippen LogP contribution in [-0.2, 0) is 11.0 Å². The molecule has 0 unspecified atom stereocenters. The standard InChI is InChI=1S/C27H31ClF3N5O.CH4/c28-21-3-1-4-23(17-21)36-15-13-34(14-16-36)10-2-5-26(37)33-22-8-11-35(12-9-22)24-7-6-20(19-32)25(18-24)27(29,30)31;/h1,3-4,6-7,17-18,22H,2,5,8-16H2,(H,33,37);1H4. The molecule has 4 rings (SSSR count). The van der Waals surface area contributed by atoms with E-state index in [-0.39, 0.29) is 24.9 Å². The number of benzene rings is 2. The third-order valence-corrected chi connectivity index (χ3v) is 7.31. The van der Waals surface area contributed by atoms with E-state index in [9.17, 15) is 18.0 Å². The van der Waals surface area contributed by atoms with Crippen molar-refractivity contribution in [3.8, 4) is 6.07 Å². The Morgan fingerprint density at radius 2 is 1.66 bits per heavy atom. The van der Waals surface area contributed by atoms with Gasteiger partial charge in [-0.25, -0.2) is 0 Å². The van der Waals surface area contributed by atoms with Crippen LogP contribution < -0.4 is 15.1 Å². The Hall–Kier alpha value is -2.96. The van der Waals surface area contributed by atoms with Crippen LogP contribution in [0.25, 0.3) is 0 Å². The molecule has 0 atom stereocenters. The van der Waals surface area contributed by atoms with Crippen molar-refractivity contribution in [1.82, 2.24) is 10.2 Å². The van der Waals surface area contributed by atoms with Gasteiger partial charge in [-0.3, -0.25) is 9.69 Å². The van der Waals surface area contributed by atoms with Gasteiger partial charge in [-0.1, -0.05) is 25.1 Å². The van der Waals surface area contributed by atoms with Gasteiger partial charge in [0.2, 0.25) is 5.91 Å². The predicted molar refractivity (Wildman–Crippen MR) is 146 cm³/mol. The monoisotopic (exact) mass is 549 g/mol. The van der Waals surface area contributed by atoms with E-state index in [0.29, 0.717) is 38.0 Å². The maximum absolute atomic E-state index is 13.3. The average Bonchev–Trinajstić information content (AvgIpc) is 2.89. The van der Waals surface area contributed by atoms with Crippen molar-refractivity contribution in [1.29, 1.82) is 5.26 Å². The third-order valence-electron chi connectivity index (χ3n) is 7.08. The SMILES string of the molecule is C.N#Cc1ccc(N2CCC(NC(=O)CCCN3CCN(c4cccc(Cl)c4)CC3)CC2)cc1C(F)(F)F. The first-order chi connectivity index (χ1) is 17.7. The molecule has 2 aliphatic rings. The minimum absolute atomic E-state index is 0. The number of nitrogens with one attached hydrogen (secondary N) is 1. The van der Waals surface area contributed by atoms with Crippen molar-refractivity contribution in [2.75, 3.05) is 55.6 Å². The summed E-state index contributed by atoms with van der Waals surface area (Å²) < 4.78 is 39.8. The lowest BCUT2D eigenvalue weighted by Crippen LogP contribution is -2.47. The number of nitrogens with zero attached hydrogens (tertiary/aromatic N) is 4. The zero-order chi connectivity index (χ0) is 26.4. The Morgan fingerprint density at radius 3 is 2.29 bits per heavy atom. The topological polar surface area (TPSA) is 62.6 Å². The number of anilines is 2. The molecular weight excluding hydrogens is 515 g/mol. The van der Waals surface area contributed by atoms with Crippen molar-refractivity contribution >= 4 is 28.9 Å². The van der Waals surface area contributed by atoms with Gasteiger partial charge < -0.3 is 15.1 Å². The third kappa shape index (κ3) is 7.78. The molecule has 2 fully saturated rings. The largest absolute Gasteiger partial charge is 0.417 e. The number of halogens is 4. The number of rotatable bonds is 7. The fraction of sp³-hybridized carbons (Fsp3) is 0.500. The van der Waals surface area contributed by atoms with E-state index in [1.165, 1.54) is 6.07 Å². The fourth-order valence-corrected chi connectivity index (χ4v) is 5.19. The molecule has 6 nitrogen and oxygen atoms in total. The molecule has 206 valence electrons. The molecule has 10 heteroatoms. The van der Waals surface area contributed by atoms with Crippen LogP contribution in [0.2, 0.25) is 5.02 Å². The predicted octanol–water partition coefficient (Wildman–Crippen LogP) is 5.55. The van der Waals surface area contributed by atoms with E-state index >= 15 is 0 Å². The van der Waals surface area contributed by atoms with Crippen LogP contribution in [-0.4, -0.2) is 62.7 Å². The van der Waals surface area contributed by atoms with Crippen molar-refractivity contribution in [3.05, 3.63) is 58.6 Å². The van der Waals surface area contributed by atoms with Crippen LogP contribution in [0.5, 0.6) is 0 Å². The number of piperazine rings is 1. The van der Waals surface area contributed by atoms with Crippen LogP contribution in [0.15, 0.2) is 42.5 Å². The highest BCUT2D eigenvalue weighted by Gasteiger charge is 2.34. The van der Waals surface area contributed by atoms with E-state index in [1.807, 2.05) is 23.1 Å². The highest BCUT2D eigenvalue weighted by atomic mass is 35.5. The van der Waals surface area contributed by atoms with Crippen LogP contribution in [0.4, 0.5) is 24.5 Å². The molecule has 0 saturated carbocycles. The van der Waals surface area contributed by atoms with E-state index in [0.717, 1.165) is 55.9 Å². The smallest absolute Gasteiger partial charge is 0.371 e. The normalized spacial score (nSPS) is 17.0. The first-order valence-corrected chi connectivity index (χ1v) is 13.0. The Balaban J connectivity index is 0.00000400. The summed E-state index contributed by atoms with van der Waals surface area (Å²) in [5.74, 6) is 0.0220. The van der Waals surface area contributed by atoms with Crippen LogP contribution in [0.3, 0.4) is 0 Å². The highest BCUT2D eigenvalue weighted by Crippen LogP contribution is 2.35. The zero-order valence-electron chi connectivity index (χ0n) is 20.6. The molecule has 0 radical (unpaired) electrons. The van der Waals surface area contributed by atoms with Gasteiger partial charge in [-0.05, 0) is 62.2 Å². The van der Waals surface area contributed by atoms with Crippen molar-refractivity contribution in [2.45, 2.75) is 45.3 Å². The summed E-state index contributed by atoms with van der Waals surface area (Å²) in [6.45, 7) is 5.70. The number of carbonyl (C=O) groups excluding carboxylic acids is 1. The van der Waals surface area contributed by atoms with E-state index < -0.39 is 11.7 Å². The lowest BCUT2D eigenvalue weighted by Gasteiger charge is -2.36. The zero-order valence-corrected chi connectivity index (χ0v) is 21.4. The summed E-state index contributed by atoms with van der Waals surface area (Å²) in [5.41, 5.74) is 0.305. The molecule has 0 bridgehead atoms. The second kappa shape index (κ2) is 13.2. The maximum atomic E-state index is 13.3. The number of piperidine rings is 1. The molecule has 38 heavy (non-hydrogen) atoms. The minimum atomic E-state index is -4.57. The molecule has 2 aliphatic heterocycles. The van der Waals surface area contributed by atoms with Gasteiger partial charge in [0.05, 0.1) is 17.2 Å². The lowest BCUT2D eigenvalue weighted by molar-refractivity contribution is -0.137. The van der Waals surface area contributed by atoms with Gasteiger partial charge in [-0.2, -0.15) is 18.4 Å². The molecule has 2 aromatic carbocycles. The van der Waals surface area contributed by atoms with E-state index in [4.69, 9.17) is 16.9 Å². The van der Waals surface area contributed by atoms with Gasteiger partial charge in [-0.15, -0.1) is 0 Å². The molecule has 1 amide bonds. The minimum Gasteiger partial charge on any atom is -0.371 e. The van der Waals surface area contributed by atoms with Crippen molar-refractivity contribution in [2.24, 2.45) is 0 Å². The summed E-state index contributed by atoms with van der Waals surface area (Å²) in [6, 6.07) is 13.3. The summed E-state index contributed by atoms with van der Waals surface area (Å²) in [5, 5.41) is 12.8. The molecule has 1 N–H and O–H groups in total. The summed E-state index contributed by atoms with van der Waals surface area (Å²) in [6.07, 6.45) is -2.00. The van der Waals surface area contributed by atoms with Crippen LogP contribution >= 0.6 is 11.6 Å². The van der Waals surface area contributed by atoms with Crippen molar-refractivity contribution in [3.63, 3.8) is 0 Å². The van der Waals surface area contributed by atoms with Gasteiger partial charge in [0.1, 0.15) is 0 Å². The van der Waals surface area contributed by atoms with E-state index in [1.54, 1.807) is 12.1 Å². The van der Waals surface area contributed by atoms with Crippen LogP contribution in [0.1, 0.15) is 44.2 Å². The number of hydrogen-bond donors (Lipinski definition) is 1. The molecule has 0 aromatic heterocycles. The van der Waals surface area contributed by atoms with E-state index in [2.05, 4.69) is 21.2 Å². The first kappa shape index (κ1) is 29.6. The molecule has 0 spiro atoms. The quantitative estimate of drug-likeness (QED) is 0.490. The highest BCUT2D eigenvalue weighted by molar-refractivity contribution is 6.30. The van der Waals surface area contributed by atoms with Gasteiger partial charge >= 0.3 is 6.18 Å². The number of nitriles is 1. The number of amides is 1. The molecule has 0 aliphatic carbocycles. The first-order valence-electron chi connectivity index (χ1n) is 12.6. The Kier molecular flexibility index (Phi) is 10.3. The molecular formula is C28H35ClF3N5O. The van der Waals surface area contributed by atoms with Gasteiger partial charge in [0.25, 0.3) is 0 Å². The maximum Gasteiger partial charge on any atom is 0.417 e. The Bertz CT molecular complexity index is 1120. The molecule has 2 heterocycles. The summed E-state index contributed by atoms with van der Waals surface area (Å²) >= 11 is 6.10. The van der Waals surface area contributed by atoms with Crippen LogP contribution in [0, 0.1) is 11.3 Å². The Labute approximate surface area is 228 Å². The Morgan fingerprint density at radius 1 is 1.00 bits per heavy atom. The summed E-state index contributed by atoms with van der Waals surface area (Å²) in [4.78, 5) is 19.1. The number of carbonyl (C=O) groups is 1. The van der Waals surface area contributed by atoms with Gasteiger partial charge in [0.15, 0.2) is 0 Å². The lowest BCUT2D eigenvalue weighted by atomic mass is 10.0. The van der Waals surface area contributed by atoms with Gasteiger partial charge in [0, 0.05) is 68.1 Å². The molecule has 2 saturated heterocycles. The second-order valence-corrected chi connectivity index (χ2v) is 10.0. The average molecular weight is 550 g/mol. The van der Waals surface area contributed by atoms with Crippen molar-refractivity contribution < 1.29 is 18.0 Å². The number of alkyl halides is 3. The number of hydrogen-bond acceptors (Lipinski definition) is 5. The molecule has 2 aromatic rings. The fourth-order valence-electron chi connectivity index (χ4n) is 5.01. The second-order valence-electron chi connectivity index (χ2n) is 9.58.